The number of aliphatic hydroxyl groups excluding tert-OH is 1. The van der Waals surface area contributed by atoms with Crippen molar-refractivity contribution in [3.8, 4) is 0 Å². The fourth-order valence-electron chi connectivity index (χ4n) is 2.92. The Morgan fingerprint density at radius 3 is 2.65 bits per heavy atom. The van der Waals surface area contributed by atoms with E-state index in [1.165, 1.54) is 11.3 Å². The highest BCUT2D eigenvalue weighted by atomic mass is 32.1. The van der Waals surface area contributed by atoms with E-state index in [0.29, 0.717) is 13.0 Å². The number of amides is 1. The van der Waals surface area contributed by atoms with E-state index in [0.717, 1.165) is 23.3 Å². The Kier molecular flexibility index (Phi) is 5.63. The van der Waals surface area contributed by atoms with Crippen LogP contribution in [0.4, 0.5) is 0 Å². The molecule has 1 amide bonds. The van der Waals surface area contributed by atoms with Crippen molar-refractivity contribution in [2.75, 3.05) is 6.54 Å². The van der Waals surface area contributed by atoms with Gasteiger partial charge in [0.15, 0.2) is 11.5 Å². The predicted molar refractivity (Wildman–Crippen MR) is 92.5 cm³/mol. The average Bonchev–Trinajstić information content (AvgIpc) is 2.99. The van der Waals surface area contributed by atoms with Crippen molar-refractivity contribution < 1.29 is 14.7 Å². The van der Waals surface area contributed by atoms with Crippen LogP contribution in [-0.2, 0) is 9.59 Å². The van der Waals surface area contributed by atoms with Gasteiger partial charge in [0.1, 0.15) is 0 Å². The van der Waals surface area contributed by atoms with Crippen LogP contribution in [0.2, 0.25) is 0 Å². The fourth-order valence-corrected chi connectivity index (χ4v) is 3.96. The zero-order chi connectivity index (χ0) is 17.1. The quantitative estimate of drug-likeness (QED) is 0.813. The number of unbranched alkanes of at least 4 members (excludes halogenated alkanes) is 1. The molecule has 0 aromatic carbocycles. The third kappa shape index (κ3) is 3.50. The van der Waals surface area contributed by atoms with Gasteiger partial charge in [-0.2, -0.15) is 0 Å². The number of hydrogen-bond donors (Lipinski definition) is 1. The molecule has 2 heterocycles. The average molecular weight is 335 g/mol. The molecule has 1 aromatic heterocycles. The van der Waals surface area contributed by atoms with Crippen LogP contribution in [0.15, 0.2) is 22.8 Å². The molecule has 1 aliphatic rings. The first-order chi connectivity index (χ1) is 10.9. The van der Waals surface area contributed by atoms with E-state index < -0.39 is 11.9 Å². The Morgan fingerprint density at radius 2 is 2.13 bits per heavy atom. The maximum Gasteiger partial charge on any atom is 0.290 e. The van der Waals surface area contributed by atoms with Gasteiger partial charge < -0.3 is 10.0 Å². The molecule has 1 aromatic rings. The predicted octanol–water partition coefficient (Wildman–Crippen LogP) is 4.17. The van der Waals surface area contributed by atoms with E-state index in [-0.39, 0.29) is 23.0 Å². The molecule has 0 radical (unpaired) electrons. The summed E-state index contributed by atoms with van der Waals surface area (Å²) >= 11 is 1.54. The lowest BCUT2D eigenvalue weighted by atomic mass is 9.94. The molecule has 0 saturated heterocycles. The van der Waals surface area contributed by atoms with E-state index in [9.17, 15) is 14.7 Å². The van der Waals surface area contributed by atoms with Crippen molar-refractivity contribution >= 4 is 23.0 Å². The summed E-state index contributed by atoms with van der Waals surface area (Å²) in [5, 5.41) is 12.3. The van der Waals surface area contributed by atoms with Crippen LogP contribution in [0.5, 0.6) is 0 Å². The van der Waals surface area contributed by atoms with Gasteiger partial charge in [0.2, 0.25) is 0 Å². The van der Waals surface area contributed by atoms with E-state index in [1.807, 2.05) is 32.2 Å². The van der Waals surface area contributed by atoms with Gasteiger partial charge in [-0.05, 0) is 36.3 Å². The van der Waals surface area contributed by atoms with Crippen LogP contribution in [0.3, 0.4) is 0 Å². The van der Waals surface area contributed by atoms with E-state index in [4.69, 9.17) is 0 Å². The summed E-state index contributed by atoms with van der Waals surface area (Å²) < 4.78 is 0. The van der Waals surface area contributed by atoms with Crippen LogP contribution in [0.1, 0.15) is 56.5 Å². The first-order valence-electron chi connectivity index (χ1n) is 8.19. The molecule has 1 atom stereocenters. The minimum atomic E-state index is -0.430. The summed E-state index contributed by atoms with van der Waals surface area (Å²) in [6.07, 6.45) is 2.15. The topological polar surface area (TPSA) is 57.6 Å². The molecule has 1 N–H and O–H groups in total. The summed E-state index contributed by atoms with van der Waals surface area (Å²) in [7, 11) is 0. The van der Waals surface area contributed by atoms with Gasteiger partial charge in [-0.1, -0.05) is 27.2 Å². The van der Waals surface area contributed by atoms with Crippen LogP contribution in [-0.4, -0.2) is 28.2 Å². The number of Topliss-reactive ketones (excluding diaryl/α,β-unsaturated/α-hetero) is 1. The highest BCUT2D eigenvalue weighted by molar-refractivity contribution is 7.10. The second kappa shape index (κ2) is 7.30. The monoisotopic (exact) mass is 335 g/mol. The van der Waals surface area contributed by atoms with E-state index in [1.54, 1.807) is 4.90 Å². The van der Waals surface area contributed by atoms with Crippen molar-refractivity contribution in [3.63, 3.8) is 0 Å². The first kappa shape index (κ1) is 17.7. The number of nitrogens with zero attached hydrogens (tertiary/aromatic N) is 1. The summed E-state index contributed by atoms with van der Waals surface area (Å²) in [4.78, 5) is 27.8. The van der Waals surface area contributed by atoms with Crippen molar-refractivity contribution in [2.24, 2.45) is 5.92 Å². The van der Waals surface area contributed by atoms with Crippen LogP contribution < -0.4 is 0 Å². The van der Waals surface area contributed by atoms with Gasteiger partial charge in [-0.25, -0.2) is 0 Å². The van der Waals surface area contributed by atoms with Crippen molar-refractivity contribution in [3.05, 3.63) is 33.2 Å². The molecule has 0 fully saturated rings. The first-order valence-corrected chi connectivity index (χ1v) is 9.07. The van der Waals surface area contributed by atoms with Gasteiger partial charge in [0.25, 0.3) is 5.91 Å². The highest BCUT2D eigenvalue weighted by Gasteiger charge is 2.43. The second-order valence-electron chi connectivity index (χ2n) is 6.51. The lowest BCUT2D eigenvalue weighted by molar-refractivity contribution is -0.129. The Bertz CT molecular complexity index is 630. The third-order valence-corrected chi connectivity index (χ3v) is 5.17. The van der Waals surface area contributed by atoms with E-state index in [2.05, 4.69) is 6.92 Å². The SMILES string of the molecule is CCCCN1C(=O)C(O)=C(C(=O)CC(C)C)C1c1sccc1C. The number of aryl methyl sites for hydroxylation is 1. The van der Waals surface area contributed by atoms with Crippen molar-refractivity contribution in [2.45, 2.75) is 53.0 Å². The lowest BCUT2D eigenvalue weighted by Gasteiger charge is -2.26. The minimum Gasteiger partial charge on any atom is -0.503 e. The molecule has 1 aliphatic heterocycles. The zero-order valence-corrected chi connectivity index (χ0v) is 15.1. The molecule has 23 heavy (non-hydrogen) atoms. The molecule has 0 saturated carbocycles. The largest absolute Gasteiger partial charge is 0.503 e. The Hall–Kier alpha value is -1.62. The fraction of sp³-hybridized carbons (Fsp3) is 0.556. The summed E-state index contributed by atoms with van der Waals surface area (Å²) in [6, 6.07) is 1.56. The number of rotatable bonds is 7. The molecule has 0 bridgehead atoms. The molecule has 1 unspecified atom stereocenters. The molecule has 4 nitrogen and oxygen atoms in total. The number of thiophene rings is 1. The molecule has 0 spiro atoms. The Morgan fingerprint density at radius 1 is 1.43 bits per heavy atom. The smallest absolute Gasteiger partial charge is 0.290 e. The molecular formula is C18H25NO3S. The second-order valence-corrected chi connectivity index (χ2v) is 7.45. The maximum atomic E-state index is 12.7. The molecule has 2 rings (SSSR count). The van der Waals surface area contributed by atoms with Gasteiger partial charge in [0.05, 0.1) is 11.6 Å². The summed E-state index contributed by atoms with van der Waals surface area (Å²) in [5.74, 6) is -0.705. The number of carbonyl (C=O) groups is 2. The number of ketones is 1. The molecule has 0 aliphatic carbocycles. The number of carbonyl (C=O) groups excluding carboxylic acids is 2. The highest BCUT2D eigenvalue weighted by Crippen LogP contribution is 2.42. The number of hydrogen-bond acceptors (Lipinski definition) is 4. The number of aliphatic hydroxyl groups is 1. The van der Waals surface area contributed by atoms with Crippen LogP contribution in [0.25, 0.3) is 0 Å². The minimum absolute atomic E-state index is 0.123. The normalized spacial score (nSPS) is 18.4. The van der Waals surface area contributed by atoms with Crippen LogP contribution in [0, 0.1) is 12.8 Å². The molecular weight excluding hydrogens is 310 g/mol. The third-order valence-electron chi connectivity index (χ3n) is 4.10. The Balaban J connectivity index is 2.45. The van der Waals surface area contributed by atoms with Crippen molar-refractivity contribution in [1.82, 2.24) is 4.90 Å². The van der Waals surface area contributed by atoms with Crippen molar-refractivity contribution in [1.29, 1.82) is 0 Å². The van der Waals surface area contributed by atoms with Gasteiger partial charge in [-0.15, -0.1) is 11.3 Å². The molecule has 5 heteroatoms. The standard InChI is InChI=1S/C18H25NO3S/c1-5-6-8-19-15(17-12(4)7-9-23-17)14(16(21)18(19)22)13(20)10-11(2)3/h7,9,11,15,21H,5-6,8,10H2,1-4H3. The van der Waals surface area contributed by atoms with Gasteiger partial charge in [0, 0.05) is 17.8 Å². The maximum absolute atomic E-state index is 12.7. The molecule has 126 valence electrons. The summed E-state index contributed by atoms with van der Waals surface area (Å²) in [5.41, 5.74) is 1.34. The van der Waals surface area contributed by atoms with Gasteiger partial charge >= 0.3 is 0 Å². The lowest BCUT2D eigenvalue weighted by Crippen LogP contribution is -2.32. The van der Waals surface area contributed by atoms with E-state index >= 15 is 0 Å². The summed E-state index contributed by atoms with van der Waals surface area (Å²) in [6.45, 7) is 8.52. The van der Waals surface area contributed by atoms with Crippen LogP contribution >= 0.6 is 11.3 Å². The zero-order valence-electron chi connectivity index (χ0n) is 14.3. The van der Waals surface area contributed by atoms with Gasteiger partial charge in [-0.3, -0.25) is 9.59 Å². The Labute approximate surface area is 141 Å².